The van der Waals surface area contributed by atoms with E-state index < -0.39 is 24.1 Å². The van der Waals surface area contributed by atoms with Crippen LogP contribution in [0.1, 0.15) is 36.0 Å². The number of benzene rings is 3. The van der Waals surface area contributed by atoms with Crippen LogP contribution in [0.3, 0.4) is 0 Å². The minimum atomic E-state index is -0.917. The van der Waals surface area contributed by atoms with Crippen LogP contribution in [0, 0.1) is 0 Å². The smallest absolute Gasteiger partial charge is 0.407 e. The molecule has 9 nitrogen and oxygen atoms in total. The molecule has 0 spiro atoms. The molecule has 5 N–H and O–H groups in total. The van der Waals surface area contributed by atoms with E-state index >= 15 is 0 Å². The van der Waals surface area contributed by atoms with Crippen LogP contribution in [0.25, 0.3) is 0 Å². The summed E-state index contributed by atoms with van der Waals surface area (Å²) in [6.07, 6.45) is 1.77. The van der Waals surface area contributed by atoms with Crippen LogP contribution in [-0.4, -0.2) is 49.7 Å². The lowest BCUT2D eigenvalue weighted by Gasteiger charge is -2.21. The van der Waals surface area contributed by atoms with Crippen LogP contribution >= 0.6 is 0 Å². The number of nitrogens with two attached hydrogens (primary N) is 1. The normalized spacial score (nSPS) is 12.1. The van der Waals surface area contributed by atoms with Crippen molar-refractivity contribution in [2.45, 2.75) is 51.0 Å². The minimum Gasteiger partial charge on any atom is -0.445 e. The summed E-state index contributed by atoms with van der Waals surface area (Å²) in [5, 5.41) is 8.42. The second-order valence-electron chi connectivity index (χ2n) is 9.68. The molecule has 218 valence electrons. The second-order valence-corrected chi connectivity index (χ2v) is 9.68. The van der Waals surface area contributed by atoms with Gasteiger partial charge in [0.2, 0.25) is 11.8 Å². The van der Waals surface area contributed by atoms with Gasteiger partial charge in [-0.3, -0.25) is 9.59 Å². The molecule has 3 aromatic rings. The van der Waals surface area contributed by atoms with E-state index in [2.05, 4.69) is 16.0 Å². The van der Waals surface area contributed by atoms with Gasteiger partial charge >= 0.3 is 6.09 Å². The minimum absolute atomic E-state index is 0.0259. The highest BCUT2D eigenvalue weighted by atomic mass is 16.5. The number of hydrogen-bond donors (Lipinski definition) is 4. The summed E-state index contributed by atoms with van der Waals surface area (Å²) >= 11 is 0. The van der Waals surface area contributed by atoms with Crippen molar-refractivity contribution in [1.82, 2.24) is 16.0 Å². The zero-order chi connectivity index (χ0) is 29.1. The largest absolute Gasteiger partial charge is 0.445 e. The molecular weight excluding hydrogens is 520 g/mol. The number of unbranched alkanes of at least 4 members (excludes halogenated alkanes) is 1. The van der Waals surface area contributed by atoms with Crippen LogP contribution in [0.5, 0.6) is 0 Å². The van der Waals surface area contributed by atoms with Gasteiger partial charge < -0.3 is 31.2 Å². The van der Waals surface area contributed by atoms with E-state index in [0.29, 0.717) is 45.4 Å². The summed E-state index contributed by atoms with van der Waals surface area (Å²) in [6.45, 7) is 1.39. The quantitative estimate of drug-likeness (QED) is 0.187. The number of ether oxygens (including phenoxy) is 2. The molecule has 41 heavy (non-hydrogen) atoms. The molecule has 3 amide bonds. The first-order chi connectivity index (χ1) is 20.0. The number of hydrogen-bond acceptors (Lipinski definition) is 6. The summed E-state index contributed by atoms with van der Waals surface area (Å²) in [5.74, 6) is -0.731. The first-order valence-corrected chi connectivity index (χ1v) is 13.9. The van der Waals surface area contributed by atoms with E-state index in [1.165, 1.54) is 0 Å². The van der Waals surface area contributed by atoms with Crippen molar-refractivity contribution in [3.63, 3.8) is 0 Å². The fourth-order valence-corrected chi connectivity index (χ4v) is 4.04. The van der Waals surface area contributed by atoms with E-state index in [4.69, 9.17) is 15.2 Å². The molecule has 9 heteroatoms. The van der Waals surface area contributed by atoms with E-state index in [1.807, 2.05) is 91.0 Å². The summed E-state index contributed by atoms with van der Waals surface area (Å²) in [4.78, 5) is 37.8. The van der Waals surface area contributed by atoms with Gasteiger partial charge in [0.1, 0.15) is 18.7 Å². The molecule has 0 saturated heterocycles. The molecule has 0 unspecified atom stereocenters. The fraction of sp³-hybridized carbons (Fsp3) is 0.344. The molecular formula is C32H40N4O5. The SMILES string of the molecule is N[C@@H](COCc1ccccc1)C(=O)N[C@@H](CCCCNC(=O)OCc1ccccc1)C(=O)NCCc1ccccc1. The maximum absolute atomic E-state index is 13.0. The van der Waals surface area contributed by atoms with Gasteiger partial charge in [-0.2, -0.15) is 0 Å². The van der Waals surface area contributed by atoms with E-state index in [1.54, 1.807) is 0 Å². The van der Waals surface area contributed by atoms with Crippen molar-refractivity contribution in [1.29, 1.82) is 0 Å². The number of amides is 3. The fourth-order valence-electron chi connectivity index (χ4n) is 4.04. The lowest BCUT2D eigenvalue weighted by molar-refractivity contribution is -0.130. The Balaban J connectivity index is 1.42. The van der Waals surface area contributed by atoms with Crippen LogP contribution < -0.4 is 21.7 Å². The second kappa shape index (κ2) is 18.2. The standard InChI is InChI=1S/C32H40N4O5/c33-28(24-40-22-26-14-6-2-7-15-26)30(37)36-29(31(38)34-21-19-25-12-4-1-5-13-25)18-10-11-20-35-32(39)41-23-27-16-8-3-9-17-27/h1-9,12-17,28-29H,10-11,18-24,33H2,(H,34,38)(H,35,39)(H,36,37)/t28-,29-/m0/s1. The first-order valence-electron chi connectivity index (χ1n) is 13.9. The molecule has 0 fully saturated rings. The molecule has 3 rings (SSSR count). The molecule has 0 bridgehead atoms. The van der Waals surface area contributed by atoms with E-state index in [9.17, 15) is 14.4 Å². The van der Waals surface area contributed by atoms with Gasteiger partial charge in [-0.05, 0) is 42.4 Å². The van der Waals surface area contributed by atoms with Crippen molar-refractivity contribution in [3.8, 4) is 0 Å². The highest BCUT2D eigenvalue weighted by molar-refractivity contribution is 5.89. The van der Waals surface area contributed by atoms with Gasteiger partial charge in [0.05, 0.1) is 13.2 Å². The molecule has 2 atom stereocenters. The Hall–Kier alpha value is -4.21. The van der Waals surface area contributed by atoms with Gasteiger partial charge in [0.15, 0.2) is 0 Å². The van der Waals surface area contributed by atoms with Gasteiger partial charge in [-0.25, -0.2) is 4.79 Å². The summed E-state index contributed by atoms with van der Waals surface area (Å²) in [7, 11) is 0. The van der Waals surface area contributed by atoms with Crippen LogP contribution in [0.15, 0.2) is 91.0 Å². The summed E-state index contributed by atoms with van der Waals surface area (Å²) in [6, 6.07) is 27.2. The van der Waals surface area contributed by atoms with E-state index in [-0.39, 0.29) is 19.1 Å². The Kier molecular flexibility index (Phi) is 13.9. The first kappa shape index (κ1) is 31.3. The van der Waals surface area contributed by atoms with Gasteiger partial charge in [0.25, 0.3) is 0 Å². The monoisotopic (exact) mass is 560 g/mol. The lowest BCUT2D eigenvalue weighted by Crippen LogP contribution is -2.53. The van der Waals surface area contributed by atoms with Crippen molar-refractivity contribution >= 4 is 17.9 Å². The maximum Gasteiger partial charge on any atom is 0.407 e. The third-order valence-electron chi connectivity index (χ3n) is 6.34. The molecule has 3 aromatic carbocycles. The highest BCUT2D eigenvalue weighted by Gasteiger charge is 2.23. The average Bonchev–Trinajstić information content (AvgIpc) is 3.00. The lowest BCUT2D eigenvalue weighted by atomic mass is 10.1. The third kappa shape index (κ3) is 12.7. The van der Waals surface area contributed by atoms with Crippen molar-refractivity contribution in [3.05, 3.63) is 108 Å². The van der Waals surface area contributed by atoms with Crippen molar-refractivity contribution < 1.29 is 23.9 Å². The molecule has 0 radical (unpaired) electrons. The van der Waals surface area contributed by atoms with Gasteiger partial charge in [-0.1, -0.05) is 91.0 Å². The summed E-state index contributed by atoms with van der Waals surface area (Å²) < 4.78 is 10.8. The Bertz CT molecular complexity index is 1180. The predicted molar refractivity (Wildman–Crippen MR) is 158 cm³/mol. The maximum atomic E-state index is 13.0. The number of carbonyl (C=O) groups excluding carboxylic acids is 3. The van der Waals surface area contributed by atoms with E-state index in [0.717, 1.165) is 16.7 Å². The molecule has 0 aromatic heterocycles. The number of rotatable bonds is 17. The Labute approximate surface area is 241 Å². The summed E-state index contributed by atoms with van der Waals surface area (Å²) in [5.41, 5.74) is 9.05. The van der Waals surface area contributed by atoms with Gasteiger partial charge in [-0.15, -0.1) is 0 Å². The number of carbonyl (C=O) groups is 3. The van der Waals surface area contributed by atoms with Crippen LogP contribution in [0.4, 0.5) is 4.79 Å². The van der Waals surface area contributed by atoms with Crippen LogP contribution in [0.2, 0.25) is 0 Å². The highest BCUT2D eigenvalue weighted by Crippen LogP contribution is 2.05. The zero-order valence-electron chi connectivity index (χ0n) is 23.3. The van der Waals surface area contributed by atoms with Crippen LogP contribution in [-0.2, 0) is 38.7 Å². The molecule has 0 aliphatic heterocycles. The Morgan fingerprint density at radius 3 is 1.90 bits per heavy atom. The Morgan fingerprint density at radius 2 is 1.27 bits per heavy atom. The van der Waals surface area contributed by atoms with Crippen molar-refractivity contribution in [2.24, 2.45) is 5.73 Å². The number of nitrogens with one attached hydrogen (secondary N) is 3. The Morgan fingerprint density at radius 1 is 0.683 bits per heavy atom. The molecule has 0 heterocycles. The zero-order valence-corrected chi connectivity index (χ0v) is 23.3. The third-order valence-corrected chi connectivity index (χ3v) is 6.34. The van der Waals surface area contributed by atoms with Crippen molar-refractivity contribution in [2.75, 3.05) is 19.7 Å². The number of alkyl carbamates (subject to hydrolysis) is 1. The predicted octanol–water partition coefficient (Wildman–Crippen LogP) is 3.47. The molecule has 0 aliphatic carbocycles. The van der Waals surface area contributed by atoms with Gasteiger partial charge in [0, 0.05) is 13.1 Å². The molecule has 0 saturated carbocycles. The molecule has 0 aliphatic rings. The topological polar surface area (TPSA) is 132 Å². The average molecular weight is 561 g/mol.